The predicted octanol–water partition coefficient (Wildman–Crippen LogP) is 2.49. The maximum atomic E-state index is 13.9. The van der Waals surface area contributed by atoms with Gasteiger partial charge in [0.25, 0.3) is 5.56 Å². The van der Waals surface area contributed by atoms with Gasteiger partial charge in [0.2, 0.25) is 11.9 Å². The molecule has 0 spiro atoms. The number of piperazine rings is 1. The molecule has 5 heterocycles. The first-order valence-corrected chi connectivity index (χ1v) is 12.5. The highest BCUT2D eigenvalue weighted by Crippen LogP contribution is 2.32. The first-order chi connectivity index (χ1) is 17.9. The number of nitrogens with zero attached hydrogens (tertiary/aromatic N) is 6. The predicted molar refractivity (Wildman–Crippen MR) is 141 cm³/mol. The summed E-state index contributed by atoms with van der Waals surface area (Å²) >= 11 is 6.71. The highest BCUT2D eigenvalue weighted by atomic mass is 35.5. The van der Waals surface area contributed by atoms with Gasteiger partial charge in [-0.25, -0.2) is 9.97 Å². The van der Waals surface area contributed by atoms with E-state index in [1.807, 2.05) is 17.9 Å². The van der Waals surface area contributed by atoms with Gasteiger partial charge in [0.15, 0.2) is 0 Å². The number of pyridine rings is 1. The number of likely N-dealkylation sites (tertiary alicyclic amines) is 1. The van der Waals surface area contributed by atoms with E-state index >= 15 is 0 Å². The van der Waals surface area contributed by atoms with Crippen LogP contribution in [0.2, 0.25) is 5.02 Å². The number of amides is 1. The zero-order valence-electron chi connectivity index (χ0n) is 20.4. The molecule has 2 fully saturated rings. The average molecular weight is 517 g/mol. The van der Waals surface area contributed by atoms with Crippen molar-refractivity contribution in [2.45, 2.75) is 32.0 Å². The molecule has 0 aliphatic carbocycles. The summed E-state index contributed by atoms with van der Waals surface area (Å²) in [7, 11) is 1.71. The summed E-state index contributed by atoms with van der Waals surface area (Å²) in [5, 5.41) is 7.34. The number of aryl methyl sites for hydroxylation is 1. The third kappa shape index (κ3) is 4.21. The van der Waals surface area contributed by atoms with Crippen LogP contribution in [0.1, 0.15) is 12.1 Å². The van der Waals surface area contributed by atoms with E-state index in [1.165, 1.54) is 4.57 Å². The van der Waals surface area contributed by atoms with E-state index in [1.54, 1.807) is 43.8 Å². The number of benzene rings is 1. The number of hydrogen-bond donors (Lipinski definition) is 2. The lowest BCUT2D eigenvalue weighted by Crippen LogP contribution is -2.48. The summed E-state index contributed by atoms with van der Waals surface area (Å²) < 4.78 is 1.44. The van der Waals surface area contributed by atoms with Crippen molar-refractivity contribution in [1.82, 2.24) is 34.7 Å². The molecule has 1 amide bonds. The Hall–Kier alpha value is -3.89. The van der Waals surface area contributed by atoms with Crippen molar-refractivity contribution in [2.24, 2.45) is 0 Å². The molecule has 10 nitrogen and oxygen atoms in total. The first-order valence-electron chi connectivity index (χ1n) is 12.1. The van der Waals surface area contributed by atoms with Crippen molar-refractivity contribution in [1.29, 1.82) is 0 Å². The van der Waals surface area contributed by atoms with Crippen LogP contribution in [0.15, 0.2) is 47.7 Å². The minimum absolute atomic E-state index is 0.0985. The molecule has 1 aromatic carbocycles. The summed E-state index contributed by atoms with van der Waals surface area (Å²) in [5.74, 6) is 0.269. The number of carbonyl (C=O) groups is 1. The Morgan fingerprint density at radius 1 is 1.19 bits per heavy atom. The van der Waals surface area contributed by atoms with Crippen molar-refractivity contribution in [3.05, 3.63) is 63.9 Å². The molecule has 3 aromatic heterocycles. The summed E-state index contributed by atoms with van der Waals surface area (Å²) in [6, 6.07) is 7.64. The lowest BCUT2D eigenvalue weighted by molar-refractivity contribution is -0.133. The number of hydrogen-bond acceptors (Lipinski definition) is 8. The fourth-order valence-corrected chi connectivity index (χ4v) is 5.49. The zero-order chi connectivity index (χ0) is 25.7. The second-order valence-corrected chi connectivity index (χ2v) is 9.86. The summed E-state index contributed by atoms with van der Waals surface area (Å²) in [5.41, 5.74) is 3.26. The Kier molecular flexibility index (Phi) is 5.85. The Balaban J connectivity index is 1.44. The lowest BCUT2D eigenvalue weighted by Gasteiger charge is -2.28. The number of carbonyl (C=O) groups excluding carboxylic acids is 1. The molecule has 2 N–H and O–H groups in total. The molecule has 2 aliphatic heterocycles. The SMILES string of the molecule is CNc1ncc2cc(-c3ccc(-c4cncc(C)n4)cc3Cl)c(=O)n(CC(=O)N3C[C@@H]4C[C@H]3CN4)c2n1. The van der Waals surface area contributed by atoms with Crippen molar-refractivity contribution >= 4 is 34.5 Å². The van der Waals surface area contributed by atoms with E-state index in [-0.39, 0.29) is 24.1 Å². The van der Waals surface area contributed by atoms with Gasteiger partial charge in [0.1, 0.15) is 12.2 Å². The van der Waals surface area contributed by atoms with Crippen LogP contribution in [0.25, 0.3) is 33.4 Å². The van der Waals surface area contributed by atoms with E-state index in [9.17, 15) is 9.59 Å². The third-order valence-corrected chi connectivity index (χ3v) is 7.34. The van der Waals surface area contributed by atoms with Crippen molar-refractivity contribution in [3.8, 4) is 22.4 Å². The van der Waals surface area contributed by atoms with Gasteiger partial charge in [-0.15, -0.1) is 0 Å². The van der Waals surface area contributed by atoms with E-state index in [0.29, 0.717) is 51.4 Å². The van der Waals surface area contributed by atoms with E-state index in [0.717, 1.165) is 24.2 Å². The van der Waals surface area contributed by atoms with Gasteiger partial charge < -0.3 is 15.5 Å². The summed E-state index contributed by atoms with van der Waals surface area (Å²) in [6.07, 6.45) is 5.94. The van der Waals surface area contributed by atoms with Crippen LogP contribution in [0.5, 0.6) is 0 Å². The Morgan fingerprint density at radius 3 is 2.76 bits per heavy atom. The molecule has 2 atom stereocenters. The molecular weight excluding hydrogens is 492 g/mol. The molecule has 0 unspecified atom stereocenters. The van der Waals surface area contributed by atoms with Crippen LogP contribution < -0.4 is 16.2 Å². The van der Waals surface area contributed by atoms with Crippen molar-refractivity contribution in [3.63, 3.8) is 0 Å². The monoisotopic (exact) mass is 516 g/mol. The van der Waals surface area contributed by atoms with E-state index < -0.39 is 0 Å². The molecule has 2 bridgehead atoms. The normalized spacial score (nSPS) is 18.5. The van der Waals surface area contributed by atoms with Crippen LogP contribution in [0, 0.1) is 6.92 Å². The van der Waals surface area contributed by atoms with Crippen molar-refractivity contribution in [2.75, 3.05) is 25.5 Å². The van der Waals surface area contributed by atoms with Gasteiger partial charge in [-0.3, -0.25) is 19.1 Å². The number of fused-ring (bicyclic) bond motifs is 3. The van der Waals surface area contributed by atoms with Crippen LogP contribution in [0.4, 0.5) is 5.95 Å². The zero-order valence-corrected chi connectivity index (χ0v) is 21.2. The molecule has 6 rings (SSSR count). The molecule has 4 aromatic rings. The van der Waals surface area contributed by atoms with Gasteiger partial charge in [-0.2, -0.15) is 4.98 Å². The standard InChI is InChI=1S/C26H25ClN8O2/c1-14-8-29-11-22(32-14)15-3-4-19(21(27)6-15)20-5-16-9-31-26(28-2)33-24(16)35(25(20)37)13-23(36)34-12-17-7-18(34)10-30-17/h3-6,8-9,11,17-18,30H,7,10,12-13H2,1-2H3,(H,28,31,33)/t17-,18-/m0/s1. The van der Waals surface area contributed by atoms with E-state index in [4.69, 9.17) is 11.6 Å². The fraction of sp³-hybridized carbons (Fsp3) is 0.308. The Bertz CT molecular complexity index is 1600. The maximum absolute atomic E-state index is 13.9. The number of halogens is 1. The highest BCUT2D eigenvalue weighted by Gasteiger charge is 2.40. The maximum Gasteiger partial charge on any atom is 0.260 e. The van der Waals surface area contributed by atoms with Crippen LogP contribution in [-0.2, 0) is 11.3 Å². The van der Waals surface area contributed by atoms with Gasteiger partial charge in [0, 0.05) is 71.7 Å². The topological polar surface area (TPSA) is 118 Å². The highest BCUT2D eigenvalue weighted by molar-refractivity contribution is 6.33. The second kappa shape index (κ2) is 9.20. The van der Waals surface area contributed by atoms with Gasteiger partial charge in [0.05, 0.1) is 17.6 Å². The summed E-state index contributed by atoms with van der Waals surface area (Å²) in [6.45, 7) is 3.20. The smallest absolute Gasteiger partial charge is 0.260 e. The molecule has 37 heavy (non-hydrogen) atoms. The van der Waals surface area contributed by atoms with Gasteiger partial charge in [-0.1, -0.05) is 23.7 Å². The average Bonchev–Trinajstić information content (AvgIpc) is 3.54. The largest absolute Gasteiger partial charge is 0.357 e. The molecule has 11 heteroatoms. The fourth-order valence-electron chi connectivity index (χ4n) is 5.21. The van der Waals surface area contributed by atoms with Crippen LogP contribution >= 0.6 is 11.6 Å². The molecule has 2 aliphatic rings. The summed E-state index contributed by atoms with van der Waals surface area (Å²) in [4.78, 5) is 46.6. The number of aromatic nitrogens is 5. The lowest BCUT2D eigenvalue weighted by atomic mass is 10.0. The Labute approximate surface area is 217 Å². The molecular formula is C26H25ClN8O2. The minimum Gasteiger partial charge on any atom is -0.357 e. The third-order valence-electron chi connectivity index (χ3n) is 7.03. The Morgan fingerprint density at radius 2 is 2.05 bits per heavy atom. The number of nitrogens with one attached hydrogen (secondary N) is 2. The second-order valence-electron chi connectivity index (χ2n) is 9.45. The van der Waals surface area contributed by atoms with Crippen molar-refractivity contribution < 1.29 is 4.79 Å². The number of anilines is 1. The van der Waals surface area contributed by atoms with Gasteiger partial charge in [-0.05, 0) is 25.5 Å². The molecule has 188 valence electrons. The first kappa shape index (κ1) is 23.5. The van der Waals surface area contributed by atoms with Gasteiger partial charge >= 0.3 is 0 Å². The minimum atomic E-state index is -0.339. The van der Waals surface area contributed by atoms with Crippen LogP contribution in [-0.4, -0.2) is 67.5 Å². The molecule has 0 saturated carbocycles. The molecule has 2 saturated heterocycles. The van der Waals surface area contributed by atoms with E-state index in [2.05, 4.69) is 30.6 Å². The number of rotatable bonds is 5. The molecule has 0 radical (unpaired) electrons. The quantitative estimate of drug-likeness (QED) is 0.415. The van der Waals surface area contributed by atoms with Crippen LogP contribution in [0.3, 0.4) is 0 Å².